The summed E-state index contributed by atoms with van der Waals surface area (Å²) in [6, 6.07) is 84.4. The van der Waals surface area contributed by atoms with Gasteiger partial charge in [-0.1, -0.05) is 164 Å². The van der Waals surface area contributed by atoms with Crippen LogP contribution in [0.4, 0.5) is 17.1 Å². The number of anilines is 3. The lowest BCUT2D eigenvalue weighted by Crippen LogP contribution is -2.11. The van der Waals surface area contributed by atoms with Crippen molar-refractivity contribution in [3.63, 3.8) is 0 Å². The largest absolute Gasteiger partial charge is 0.456 e. The van der Waals surface area contributed by atoms with E-state index in [1.165, 1.54) is 5.56 Å². The number of benzene rings is 10. The summed E-state index contributed by atoms with van der Waals surface area (Å²) in [4.78, 5) is 2.41. The van der Waals surface area contributed by atoms with Gasteiger partial charge in [0, 0.05) is 44.2 Å². The predicted molar refractivity (Wildman–Crippen MR) is 263 cm³/mol. The molecule has 10 aromatic carbocycles. The van der Waals surface area contributed by atoms with Crippen LogP contribution in [-0.2, 0) is 0 Å². The highest BCUT2D eigenvalue weighted by molar-refractivity contribution is 6.10. The zero-order chi connectivity index (χ0) is 41.7. The second-order valence-corrected chi connectivity index (χ2v) is 16.1. The highest BCUT2D eigenvalue weighted by Gasteiger charge is 2.21. The number of para-hydroxylation sites is 3. The topological polar surface area (TPSA) is 29.5 Å². The molecule has 296 valence electrons. The molecule has 0 unspecified atom stereocenters. The summed E-state index contributed by atoms with van der Waals surface area (Å²) in [7, 11) is 0. The maximum Gasteiger partial charge on any atom is 0.143 e. The molecule has 0 amide bonds. The minimum absolute atomic E-state index is 0.879. The van der Waals surface area contributed by atoms with Gasteiger partial charge in [-0.25, -0.2) is 0 Å². The number of hydrogen-bond acceptors (Lipinski definition) is 3. The van der Waals surface area contributed by atoms with E-state index in [0.717, 1.165) is 111 Å². The monoisotopic (exact) mass is 805 g/mol. The summed E-state index contributed by atoms with van der Waals surface area (Å²) in [5.41, 5.74) is 17.8. The molecule has 0 fully saturated rings. The molecule has 0 N–H and O–H groups in total. The average Bonchev–Trinajstić information content (AvgIpc) is 3.93. The minimum Gasteiger partial charge on any atom is -0.456 e. The van der Waals surface area contributed by atoms with E-state index in [1.54, 1.807) is 0 Å². The molecule has 0 aliphatic rings. The van der Waals surface area contributed by atoms with Gasteiger partial charge >= 0.3 is 0 Å². The van der Waals surface area contributed by atoms with Crippen molar-refractivity contribution >= 4 is 60.9 Å². The van der Waals surface area contributed by atoms with E-state index in [9.17, 15) is 0 Å². The molecule has 0 saturated heterocycles. The van der Waals surface area contributed by atoms with Gasteiger partial charge in [-0.05, 0) is 123 Å². The lowest BCUT2D eigenvalue weighted by molar-refractivity contribution is 0.669. The third kappa shape index (κ3) is 6.64. The van der Waals surface area contributed by atoms with Gasteiger partial charge in [0.1, 0.15) is 22.3 Å². The quantitative estimate of drug-likeness (QED) is 0.153. The molecule has 0 radical (unpaired) electrons. The zero-order valence-corrected chi connectivity index (χ0v) is 34.3. The smallest absolute Gasteiger partial charge is 0.143 e. The molecule has 3 nitrogen and oxygen atoms in total. The molecule has 0 aliphatic heterocycles. The highest BCUT2D eigenvalue weighted by Crippen LogP contribution is 2.45. The Morgan fingerprint density at radius 3 is 1.32 bits per heavy atom. The Morgan fingerprint density at radius 2 is 0.683 bits per heavy atom. The fraction of sp³-hybridized carbons (Fsp3) is 0. The number of furan rings is 2. The summed E-state index contributed by atoms with van der Waals surface area (Å²) in [5, 5.41) is 4.42. The van der Waals surface area contributed by atoms with Gasteiger partial charge in [0.25, 0.3) is 0 Å². The number of nitrogens with zero attached hydrogens (tertiary/aromatic N) is 1. The molecule has 0 saturated carbocycles. The van der Waals surface area contributed by atoms with Crippen molar-refractivity contribution in [3.05, 3.63) is 237 Å². The fourth-order valence-corrected chi connectivity index (χ4v) is 9.16. The number of fused-ring (bicyclic) bond motifs is 6. The van der Waals surface area contributed by atoms with E-state index in [1.807, 2.05) is 18.2 Å². The third-order valence-corrected chi connectivity index (χ3v) is 12.2. The summed E-state index contributed by atoms with van der Waals surface area (Å²) in [6.45, 7) is 0. The maximum atomic E-state index is 6.67. The molecule has 0 bridgehead atoms. The molecule has 63 heavy (non-hydrogen) atoms. The van der Waals surface area contributed by atoms with E-state index >= 15 is 0 Å². The zero-order valence-electron chi connectivity index (χ0n) is 34.3. The number of hydrogen-bond donors (Lipinski definition) is 0. The summed E-state index contributed by atoms with van der Waals surface area (Å²) in [5.74, 6) is 0. The summed E-state index contributed by atoms with van der Waals surface area (Å²) >= 11 is 0. The SMILES string of the molecule is c1ccc(-c2ccc(N(c3cc(-c4ccccc4)cc(-c4ccc5oc6ccccc6c5c4)c3)c3cc(-c4ccccc4)cc(-c4cccc5c4oc4ccccc45)c3)cc2)cc1. The van der Waals surface area contributed by atoms with Crippen LogP contribution in [0.25, 0.3) is 99.5 Å². The first-order valence-corrected chi connectivity index (χ1v) is 21.4. The molecule has 0 atom stereocenters. The van der Waals surface area contributed by atoms with Gasteiger partial charge in [0.2, 0.25) is 0 Å². The molecule has 12 aromatic rings. The lowest BCUT2D eigenvalue weighted by atomic mass is 9.94. The Balaban J connectivity index is 1.12. The van der Waals surface area contributed by atoms with Crippen molar-refractivity contribution in [2.45, 2.75) is 0 Å². The van der Waals surface area contributed by atoms with Crippen molar-refractivity contribution in [2.75, 3.05) is 4.90 Å². The molecular formula is C60H39NO2. The van der Waals surface area contributed by atoms with Crippen LogP contribution in [0, 0.1) is 0 Å². The first-order valence-electron chi connectivity index (χ1n) is 21.4. The van der Waals surface area contributed by atoms with Gasteiger partial charge < -0.3 is 13.7 Å². The maximum absolute atomic E-state index is 6.67. The van der Waals surface area contributed by atoms with E-state index in [-0.39, 0.29) is 0 Å². The van der Waals surface area contributed by atoms with Crippen LogP contribution in [0.3, 0.4) is 0 Å². The Labute approximate surface area is 365 Å². The van der Waals surface area contributed by atoms with Crippen LogP contribution in [0.1, 0.15) is 0 Å². The average molecular weight is 806 g/mol. The van der Waals surface area contributed by atoms with Crippen molar-refractivity contribution in [2.24, 2.45) is 0 Å². The van der Waals surface area contributed by atoms with Crippen molar-refractivity contribution < 1.29 is 8.83 Å². The first kappa shape index (κ1) is 36.5. The first-order chi connectivity index (χ1) is 31.2. The summed E-state index contributed by atoms with van der Waals surface area (Å²) in [6.07, 6.45) is 0. The second kappa shape index (κ2) is 15.3. The van der Waals surface area contributed by atoms with Crippen molar-refractivity contribution in [1.82, 2.24) is 0 Å². The number of rotatable bonds is 8. The molecule has 3 heteroatoms. The van der Waals surface area contributed by atoms with Crippen LogP contribution in [0.2, 0.25) is 0 Å². The molecular weight excluding hydrogens is 767 g/mol. The second-order valence-electron chi connectivity index (χ2n) is 16.1. The third-order valence-electron chi connectivity index (χ3n) is 12.2. The van der Waals surface area contributed by atoms with Crippen LogP contribution in [-0.4, -0.2) is 0 Å². The Kier molecular flexibility index (Phi) is 8.83. The fourth-order valence-electron chi connectivity index (χ4n) is 9.16. The van der Waals surface area contributed by atoms with Crippen LogP contribution in [0.15, 0.2) is 245 Å². The minimum atomic E-state index is 0.879. The van der Waals surface area contributed by atoms with E-state index in [4.69, 9.17) is 8.83 Å². The molecule has 0 aliphatic carbocycles. The Morgan fingerprint density at radius 1 is 0.238 bits per heavy atom. The van der Waals surface area contributed by atoms with Crippen LogP contribution >= 0.6 is 0 Å². The predicted octanol–water partition coefficient (Wildman–Crippen LogP) is 17.3. The van der Waals surface area contributed by atoms with Gasteiger partial charge in [0.15, 0.2) is 0 Å². The van der Waals surface area contributed by atoms with Crippen molar-refractivity contribution in [1.29, 1.82) is 0 Å². The lowest BCUT2D eigenvalue weighted by Gasteiger charge is -2.28. The van der Waals surface area contributed by atoms with Crippen molar-refractivity contribution in [3.8, 4) is 55.6 Å². The molecule has 0 spiro atoms. The van der Waals surface area contributed by atoms with E-state index in [2.05, 4.69) is 223 Å². The van der Waals surface area contributed by atoms with Gasteiger partial charge in [-0.15, -0.1) is 0 Å². The molecule has 2 heterocycles. The highest BCUT2D eigenvalue weighted by atomic mass is 16.3. The van der Waals surface area contributed by atoms with E-state index in [0.29, 0.717) is 0 Å². The standard InChI is InChI=1S/C60H39NO2/c1-4-15-40(16-5-1)43-27-30-49(31-28-43)61(50-35-45(41-17-6-2-7-18-41)33-47(37-50)44-29-32-59-56(39-44)54-22-11-12-25-57(54)62-59)51-36-46(42-19-8-3-9-20-42)34-48(38-51)52-23-14-24-55-53-21-10-13-26-58(53)63-60(52)55/h1-39H. The Bertz CT molecular complexity index is 3600. The van der Waals surface area contributed by atoms with Crippen LogP contribution < -0.4 is 4.90 Å². The molecule has 2 aromatic heterocycles. The molecule has 12 rings (SSSR count). The Hall–Kier alpha value is -8.40. The van der Waals surface area contributed by atoms with Gasteiger partial charge in [-0.2, -0.15) is 0 Å². The van der Waals surface area contributed by atoms with Gasteiger partial charge in [-0.3, -0.25) is 0 Å². The van der Waals surface area contributed by atoms with Gasteiger partial charge in [0.05, 0.1) is 0 Å². The van der Waals surface area contributed by atoms with Crippen LogP contribution in [0.5, 0.6) is 0 Å². The van der Waals surface area contributed by atoms with E-state index < -0.39 is 0 Å². The summed E-state index contributed by atoms with van der Waals surface area (Å²) < 4.78 is 12.9. The normalized spacial score (nSPS) is 11.5.